The van der Waals surface area contributed by atoms with Crippen LogP contribution in [-0.4, -0.2) is 32.2 Å². The molecule has 11 heteroatoms. The number of halogens is 3. The number of rotatable bonds is 7. The molecule has 0 bridgehead atoms. The molecule has 0 aliphatic rings. The van der Waals surface area contributed by atoms with E-state index in [4.69, 9.17) is 32.7 Å². The Morgan fingerprint density at radius 2 is 1.93 bits per heavy atom. The molecule has 1 aromatic carbocycles. The fourth-order valence-corrected chi connectivity index (χ4v) is 2.81. The molecule has 1 heterocycles. The van der Waals surface area contributed by atoms with Gasteiger partial charge >= 0.3 is 0 Å². The summed E-state index contributed by atoms with van der Waals surface area (Å²) in [6.45, 7) is 4.38. The Kier molecular flexibility index (Phi) is 7.08. The average molecular weight is 451 g/mol. The summed E-state index contributed by atoms with van der Waals surface area (Å²) in [5.41, 5.74) is -0.545. The molecular weight excluding hydrogens is 434 g/mol. The van der Waals surface area contributed by atoms with Crippen molar-refractivity contribution in [2.45, 2.75) is 13.8 Å². The van der Waals surface area contributed by atoms with Crippen molar-refractivity contribution in [1.29, 1.82) is 0 Å². The first-order valence-corrected chi connectivity index (χ1v) is 10.6. The highest BCUT2D eigenvalue weighted by Crippen LogP contribution is 2.34. The van der Waals surface area contributed by atoms with Crippen molar-refractivity contribution in [3.63, 3.8) is 0 Å². The van der Waals surface area contributed by atoms with Gasteiger partial charge in [-0.1, -0.05) is 37.0 Å². The maximum Gasteiger partial charge on any atom is 0.267 e. The summed E-state index contributed by atoms with van der Waals surface area (Å²) in [5, 5.41) is 0.0789. The number of nitrogens with one attached hydrogen (secondary N) is 1. The smallest absolute Gasteiger partial charge is 0.267 e. The number of nitrogens with zero attached hydrogens (tertiary/aromatic N) is 1. The molecule has 0 unspecified atom stereocenters. The highest BCUT2D eigenvalue weighted by molar-refractivity contribution is 7.89. The molecule has 7 nitrogen and oxygen atoms in total. The Labute approximate surface area is 171 Å². The van der Waals surface area contributed by atoms with E-state index in [1.54, 1.807) is 4.72 Å². The highest BCUT2D eigenvalue weighted by Gasteiger charge is 2.19. The number of hydrogen-bond acceptors (Lipinski definition) is 6. The van der Waals surface area contributed by atoms with Gasteiger partial charge in [0.15, 0.2) is 0 Å². The number of pyridine rings is 1. The quantitative estimate of drug-likeness (QED) is 0.683. The van der Waals surface area contributed by atoms with Crippen LogP contribution in [0.5, 0.6) is 17.4 Å². The van der Waals surface area contributed by atoms with Gasteiger partial charge < -0.3 is 9.47 Å². The zero-order chi connectivity index (χ0) is 21.1. The lowest BCUT2D eigenvalue weighted by Gasteiger charge is -2.12. The van der Waals surface area contributed by atoms with Crippen molar-refractivity contribution < 1.29 is 27.1 Å². The van der Waals surface area contributed by atoms with Crippen LogP contribution in [-0.2, 0) is 10.0 Å². The molecular formula is C17H17Cl2FN2O5S. The van der Waals surface area contributed by atoms with Gasteiger partial charge in [0.25, 0.3) is 5.91 Å². The molecule has 1 amide bonds. The lowest BCUT2D eigenvalue weighted by atomic mass is 10.2. The van der Waals surface area contributed by atoms with Gasteiger partial charge in [-0.3, -0.25) is 4.79 Å². The summed E-state index contributed by atoms with van der Waals surface area (Å²) in [5.74, 6) is -1.59. The summed E-state index contributed by atoms with van der Waals surface area (Å²) in [4.78, 5) is 15.9. The van der Waals surface area contributed by atoms with Gasteiger partial charge in [-0.05, 0) is 12.0 Å². The van der Waals surface area contributed by atoms with E-state index in [2.05, 4.69) is 4.98 Å². The average Bonchev–Trinajstić information content (AvgIpc) is 2.55. The van der Waals surface area contributed by atoms with E-state index >= 15 is 0 Å². The van der Waals surface area contributed by atoms with Crippen molar-refractivity contribution in [3.05, 3.63) is 45.8 Å². The van der Waals surface area contributed by atoms with Crippen LogP contribution >= 0.6 is 23.2 Å². The second-order valence-corrected chi connectivity index (χ2v) is 8.79. The van der Waals surface area contributed by atoms with E-state index < -0.39 is 27.3 Å². The number of hydrogen-bond donors (Lipinski definition) is 1. The number of carbonyl (C=O) groups is 1. The van der Waals surface area contributed by atoms with Crippen molar-refractivity contribution >= 4 is 39.1 Å². The lowest BCUT2D eigenvalue weighted by molar-refractivity contribution is 0.0977. The zero-order valence-corrected chi connectivity index (χ0v) is 17.5. The first-order chi connectivity index (χ1) is 13.0. The van der Waals surface area contributed by atoms with Crippen molar-refractivity contribution in [1.82, 2.24) is 9.71 Å². The standard InChI is InChI=1S/C17H17Cl2FN2O5S/c1-9(2)8-26-17-13(19)4-10(7-21-17)27-15-6-14(20)11(5-12(15)18)16(23)22-28(3,24)25/h4-7,9H,8H2,1-3H3,(H,22,23). The van der Waals surface area contributed by atoms with Gasteiger partial charge in [-0.15, -0.1) is 0 Å². The largest absolute Gasteiger partial charge is 0.476 e. The monoisotopic (exact) mass is 450 g/mol. The summed E-state index contributed by atoms with van der Waals surface area (Å²) in [7, 11) is -3.85. The predicted molar refractivity (Wildman–Crippen MR) is 103 cm³/mol. The third-order valence-electron chi connectivity index (χ3n) is 3.11. The number of amides is 1. The topological polar surface area (TPSA) is 94.6 Å². The molecule has 152 valence electrons. The molecule has 0 saturated carbocycles. The maximum atomic E-state index is 14.2. The lowest BCUT2D eigenvalue weighted by Crippen LogP contribution is -2.30. The van der Waals surface area contributed by atoms with Crippen LogP contribution in [0.15, 0.2) is 24.4 Å². The SMILES string of the molecule is CC(C)COc1ncc(Oc2cc(F)c(C(=O)NS(C)(=O)=O)cc2Cl)cc1Cl. The maximum absolute atomic E-state index is 14.2. The molecule has 28 heavy (non-hydrogen) atoms. The number of benzene rings is 1. The second-order valence-electron chi connectivity index (χ2n) is 6.23. The molecule has 0 spiro atoms. The van der Waals surface area contributed by atoms with Gasteiger partial charge in [0.05, 0.1) is 29.6 Å². The predicted octanol–water partition coefficient (Wildman–Crippen LogP) is 4.04. The molecule has 0 atom stereocenters. The van der Waals surface area contributed by atoms with E-state index in [1.165, 1.54) is 12.3 Å². The third kappa shape index (κ3) is 6.22. The highest BCUT2D eigenvalue weighted by atomic mass is 35.5. The first-order valence-electron chi connectivity index (χ1n) is 7.93. The van der Waals surface area contributed by atoms with Gasteiger partial charge in [0.1, 0.15) is 22.3 Å². The van der Waals surface area contributed by atoms with Gasteiger partial charge in [0.2, 0.25) is 15.9 Å². The second kappa shape index (κ2) is 8.93. The van der Waals surface area contributed by atoms with Crippen molar-refractivity contribution in [2.24, 2.45) is 5.92 Å². The van der Waals surface area contributed by atoms with Crippen LogP contribution in [0.1, 0.15) is 24.2 Å². The Hall–Kier alpha value is -2.10. The van der Waals surface area contributed by atoms with Crippen molar-refractivity contribution in [2.75, 3.05) is 12.9 Å². The Bertz CT molecular complexity index is 999. The fourth-order valence-electron chi connectivity index (χ4n) is 1.95. The van der Waals surface area contributed by atoms with Gasteiger partial charge in [-0.2, -0.15) is 0 Å². The molecule has 1 aromatic heterocycles. The minimum atomic E-state index is -3.85. The summed E-state index contributed by atoms with van der Waals surface area (Å²) >= 11 is 12.1. The van der Waals surface area contributed by atoms with Crippen molar-refractivity contribution in [3.8, 4) is 17.4 Å². The molecule has 0 aliphatic heterocycles. The van der Waals surface area contributed by atoms with Gasteiger partial charge in [-0.25, -0.2) is 22.5 Å². The Morgan fingerprint density at radius 1 is 1.25 bits per heavy atom. The fraction of sp³-hybridized carbons (Fsp3) is 0.294. The molecule has 0 aliphatic carbocycles. The minimum Gasteiger partial charge on any atom is -0.476 e. The molecule has 0 fully saturated rings. The summed E-state index contributed by atoms with van der Waals surface area (Å²) in [6, 6.07) is 3.24. The Morgan fingerprint density at radius 3 is 2.50 bits per heavy atom. The molecule has 1 N–H and O–H groups in total. The van der Waals surface area contributed by atoms with E-state index in [1.807, 2.05) is 13.8 Å². The number of aromatic nitrogens is 1. The normalized spacial score (nSPS) is 11.4. The van der Waals surface area contributed by atoms with Gasteiger partial charge in [0, 0.05) is 12.1 Å². The third-order valence-corrected chi connectivity index (χ3v) is 4.23. The number of sulfonamides is 1. The molecule has 2 aromatic rings. The Balaban J connectivity index is 2.22. The van der Waals surface area contributed by atoms with Crippen LogP contribution < -0.4 is 14.2 Å². The summed E-state index contributed by atoms with van der Waals surface area (Å²) in [6.07, 6.45) is 2.09. The first kappa shape index (κ1) is 22.2. The van der Waals surface area contributed by atoms with E-state index in [9.17, 15) is 17.6 Å². The van der Waals surface area contributed by atoms with Crippen LogP contribution in [0.3, 0.4) is 0 Å². The van der Waals surface area contributed by atoms with Crippen LogP contribution in [0, 0.1) is 11.7 Å². The molecule has 2 rings (SSSR count). The summed E-state index contributed by atoms with van der Waals surface area (Å²) < 4.78 is 49.0. The van der Waals surface area contributed by atoms with E-state index in [0.717, 1.165) is 18.4 Å². The minimum absolute atomic E-state index is 0.108. The van der Waals surface area contributed by atoms with E-state index in [0.29, 0.717) is 6.61 Å². The zero-order valence-electron chi connectivity index (χ0n) is 15.1. The van der Waals surface area contributed by atoms with Crippen LogP contribution in [0.25, 0.3) is 0 Å². The number of ether oxygens (including phenoxy) is 2. The van der Waals surface area contributed by atoms with Crippen LogP contribution in [0.4, 0.5) is 4.39 Å². The van der Waals surface area contributed by atoms with E-state index in [-0.39, 0.29) is 33.3 Å². The number of carbonyl (C=O) groups excluding carboxylic acids is 1. The molecule has 0 saturated heterocycles. The van der Waals surface area contributed by atoms with Crippen LogP contribution in [0.2, 0.25) is 10.0 Å². The molecule has 0 radical (unpaired) electrons.